The van der Waals surface area contributed by atoms with Gasteiger partial charge in [0.2, 0.25) is 0 Å². The number of halogens is 1. The van der Waals surface area contributed by atoms with Crippen molar-refractivity contribution in [2.75, 3.05) is 13.7 Å². The molecule has 0 aliphatic carbocycles. The molecule has 78 valence electrons. The number of methoxy groups -OCH3 is 1. The van der Waals surface area contributed by atoms with E-state index in [2.05, 4.69) is 10.7 Å². The van der Waals surface area contributed by atoms with Crippen molar-refractivity contribution in [3.63, 3.8) is 0 Å². The fraction of sp³-hybridized carbons (Fsp3) is 0.182. The highest BCUT2D eigenvalue weighted by atomic mass is 35.5. The van der Waals surface area contributed by atoms with E-state index in [1.807, 2.05) is 0 Å². The Labute approximate surface area is 92.9 Å². The van der Waals surface area contributed by atoms with Crippen molar-refractivity contribution in [1.29, 1.82) is 0 Å². The molecule has 1 rings (SSSR count). The van der Waals surface area contributed by atoms with Gasteiger partial charge in [-0.2, -0.15) is 0 Å². The van der Waals surface area contributed by atoms with Gasteiger partial charge >= 0.3 is 5.97 Å². The monoisotopic (exact) mass is 224 g/mol. The molecule has 0 aliphatic rings. The molecule has 0 unspecified atom stereocenters. The third kappa shape index (κ3) is 2.90. The first kappa shape index (κ1) is 11.4. The number of hydrogen-bond acceptors (Lipinski definition) is 3. The minimum atomic E-state index is -0.487. The fourth-order valence-corrected chi connectivity index (χ4v) is 1.18. The minimum Gasteiger partial charge on any atom is -0.480 e. The van der Waals surface area contributed by atoms with Gasteiger partial charge in [0, 0.05) is 5.02 Å². The Kier molecular flexibility index (Phi) is 4.02. The average molecular weight is 225 g/mol. The van der Waals surface area contributed by atoms with Crippen LogP contribution in [0.2, 0.25) is 5.02 Å². The maximum Gasteiger partial charge on any atom is 0.341 e. The Hall–Kier alpha value is -1.66. The molecule has 0 fully saturated rings. The summed E-state index contributed by atoms with van der Waals surface area (Å²) in [5, 5.41) is 0.467. The number of hydrogen-bond donors (Lipinski definition) is 0. The lowest BCUT2D eigenvalue weighted by atomic mass is 10.2. The van der Waals surface area contributed by atoms with Gasteiger partial charge in [0.15, 0.2) is 0 Å². The van der Waals surface area contributed by atoms with Crippen molar-refractivity contribution in [1.82, 2.24) is 0 Å². The van der Waals surface area contributed by atoms with Crippen molar-refractivity contribution in [2.24, 2.45) is 0 Å². The zero-order chi connectivity index (χ0) is 11.3. The molecule has 0 bridgehead atoms. The van der Waals surface area contributed by atoms with E-state index in [-0.39, 0.29) is 6.61 Å². The van der Waals surface area contributed by atoms with Crippen LogP contribution in [0.4, 0.5) is 0 Å². The van der Waals surface area contributed by atoms with Gasteiger partial charge in [-0.3, -0.25) is 0 Å². The molecule has 0 saturated heterocycles. The van der Waals surface area contributed by atoms with Crippen molar-refractivity contribution in [3.05, 3.63) is 28.8 Å². The smallest absolute Gasteiger partial charge is 0.341 e. The molecular weight excluding hydrogens is 216 g/mol. The van der Waals surface area contributed by atoms with E-state index < -0.39 is 5.97 Å². The average Bonchev–Trinajstić information content (AvgIpc) is 2.25. The van der Waals surface area contributed by atoms with Crippen LogP contribution in [-0.2, 0) is 4.74 Å². The fourth-order valence-electron chi connectivity index (χ4n) is 1.01. The maximum atomic E-state index is 11.3. The van der Waals surface area contributed by atoms with E-state index >= 15 is 0 Å². The Morgan fingerprint density at radius 3 is 2.93 bits per heavy atom. The van der Waals surface area contributed by atoms with E-state index in [0.29, 0.717) is 16.3 Å². The number of benzene rings is 1. The highest BCUT2D eigenvalue weighted by Gasteiger charge is 2.12. The SMILES string of the molecule is C#CCOc1cc(Cl)ccc1C(=O)OC. The molecule has 0 aromatic heterocycles. The third-order valence-electron chi connectivity index (χ3n) is 1.66. The van der Waals surface area contributed by atoms with Gasteiger partial charge in [-0.15, -0.1) is 6.42 Å². The van der Waals surface area contributed by atoms with Gasteiger partial charge in [0.05, 0.1) is 7.11 Å². The first-order valence-corrected chi connectivity index (χ1v) is 4.51. The lowest BCUT2D eigenvalue weighted by Gasteiger charge is -2.08. The highest BCUT2D eigenvalue weighted by molar-refractivity contribution is 6.30. The van der Waals surface area contributed by atoms with E-state index in [9.17, 15) is 4.79 Å². The molecular formula is C11H9ClO3. The second-order valence-electron chi connectivity index (χ2n) is 2.62. The number of ether oxygens (including phenoxy) is 2. The molecule has 4 heteroatoms. The molecule has 0 spiro atoms. The molecule has 1 aromatic carbocycles. The number of terminal acetylenes is 1. The van der Waals surface area contributed by atoms with Crippen LogP contribution in [0.1, 0.15) is 10.4 Å². The van der Waals surface area contributed by atoms with Crippen molar-refractivity contribution >= 4 is 17.6 Å². The summed E-state index contributed by atoms with van der Waals surface area (Å²) < 4.78 is 9.75. The number of carbonyl (C=O) groups excluding carboxylic acids is 1. The molecule has 1 aromatic rings. The number of carbonyl (C=O) groups is 1. The Bertz CT molecular complexity index is 407. The van der Waals surface area contributed by atoms with E-state index in [4.69, 9.17) is 22.8 Å². The van der Waals surface area contributed by atoms with Crippen molar-refractivity contribution in [3.8, 4) is 18.1 Å². The summed E-state index contributed by atoms with van der Waals surface area (Å²) in [5.41, 5.74) is 0.303. The third-order valence-corrected chi connectivity index (χ3v) is 1.90. The molecule has 0 aliphatic heterocycles. The van der Waals surface area contributed by atoms with E-state index in [1.165, 1.54) is 19.2 Å². The predicted octanol–water partition coefficient (Wildman–Crippen LogP) is 2.14. The molecule has 3 nitrogen and oxygen atoms in total. The summed E-state index contributed by atoms with van der Waals surface area (Å²) in [6.45, 7) is 0.0737. The Morgan fingerprint density at radius 2 is 2.33 bits per heavy atom. The first-order valence-electron chi connectivity index (χ1n) is 4.13. The zero-order valence-corrected chi connectivity index (χ0v) is 8.88. The van der Waals surface area contributed by atoms with Crippen LogP contribution < -0.4 is 4.74 Å². The van der Waals surface area contributed by atoms with E-state index in [1.54, 1.807) is 6.07 Å². The minimum absolute atomic E-state index is 0.0737. The van der Waals surface area contributed by atoms with Crippen molar-refractivity contribution in [2.45, 2.75) is 0 Å². The maximum absolute atomic E-state index is 11.3. The second kappa shape index (κ2) is 5.28. The lowest BCUT2D eigenvalue weighted by molar-refractivity contribution is 0.0596. The van der Waals surface area contributed by atoms with Crippen LogP contribution in [-0.4, -0.2) is 19.7 Å². The Morgan fingerprint density at radius 1 is 1.60 bits per heavy atom. The largest absolute Gasteiger partial charge is 0.480 e. The van der Waals surface area contributed by atoms with Crippen LogP contribution in [0.15, 0.2) is 18.2 Å². The lowest BCUT2D eigenvalue weighted by Crippen LogP contribution is -2.05. The van der Waals surface area contributed by atoms with Gasteiger partial charge in [0.25, 0.3) is 0 Å². The van der Waals surface area contributed by atoms with Gasteiger partial charge in [0.1, 0.15) is 17.9 Å². The molecule has 15 heavy (non-hydrogen) atoms. The van der Waals surface area contributed by atoms with Crippen LogP contribution in [0.3, 0.4) is 0 Å². The summed E-state index contributed by atoms with van der Waals surface area (Å²) in [5.74, 6) is 2.14. The summed E-state index contributed by atoms with van der Waals surface area (Å²) in [6, 6.07) is 4.63. The standard InChI is InChI=1S/C11H9ClO3/c1-3-6-15-10-7-8(12)4-5-9(10)11(13)14-2/h1,4-5,7H,6H2,2H3. The Balaban J connectivity index is 3.04. The molecule has 0 heterocycles. The zero-order valence-electron chi connectivity index (χ0n) is 8.12. The van der Waals surface area contributed by atoms with E-state index in [0.717, 1.165) is 0 Å². The van der Waals surface area contributed by atoms with Gasteiger partial charge in [-0.05, 0) is 18.2 Å². The second-order valence-corrected chi connectivity index (χ2v) is 3.06. The summed E-state index contributed by atoms with van der Waals surface area (Å²) in [7, 11) is 1.29. The van der Waals surface area contributed by atoms with Gasteiger partial charge in [-0.25, -0.2) is 4.79 Å². The number of rotatable bonds is 3. The molecule has 0 saturated carbocycles. The molecule has 0 amide bonds. The quantitative estimate of drug-likeness (QED) is 0.583. The van der Waals surface area contributed by atoms with Crippen LogP contribution in [0.25, 0.3) is 0 Å². The van der Waals surface area contributed by atoms with Crippen LogP contribution >= 0.6 is 11.6 Å². The van der Waals surface area contributed by atoms with Gasteiger partial charge in [-0.1, -0.05) is 17.5 Å². The summed E-state index contributed by atoms with van der Waals surface area (Å²) in [6.07, 6.45) is 5.05. The molecule has 0 radical (unpaired) electrons. The number of esters is 1. The van der Waals surface area contributed by atoms with Crippen molar-refractivity contribution < 1.29 is 14.3 Å². The molecule has 0 N–H and O–H groups in total. The van der Waals surface area contributed by atoms with Crippen LogP contribution in [0, 0.1) is 12.3 Å². The predicted molar refractivity (Wildman–Crippen MR) is 57.1 cm³/mol. The normalized spacial score (nSPS) is 9.13. The molecule has 0 atom stereocenters. The summed E-state index contributed by atoms with van der Waals surface area (Å²) >= 11 is 5.76. The topological polar surface area (TPSA) is 35.5 Å². The van der Waals surface area contributed by atoms with Gasteiger partial charge < -0.3 is 9.47 Å². The summed E-state index contributed by atoms with van der Waals surface area (Å²) in [4.78, 5) is 11.3. The van der Waals surface area contributed by atoms with Crippen LogP contribution in [0.5, 0.6) is 5.75 Å². The highest BCUT2D eigenvalue weighted by Crippen LogP contribution is 2.23. The first-order chi connectivity index (χ1) is 7.19.